The van der Waals surface area contributed by atoms with Crippen LogP contribution in [0.5, 0.6) is 5.75 Å². The molecule has 0 spiro atoms. The first-order valence-corrected chi connectivity index (χ1v) is 7.42. The molecule has 1 aromatic carbocycles. The van der Waals surface area contributed by atoms with E-state index in [0.29, 0.717) is 41.5 Å². The number of esters is 1. The maximum Gasteiger partial charge on any atom is 0.343 e. The van der Waals surface area contributed by atoms with Gasteiger partial charge in [-0.1, -0.05) is 32.4 Å². The second-order valence-electron chi connectivity index (χ2n) is 5.02. The van der Waals surface area contributed by atoms with E-state index in [4.69, 9.17) is 9.15 Å². The van der Waals surface area contributed by atoms with Crippen LogP contribution in [0.3, 0.4) is 0 Å². The highest BCUT2D eigenvalue weighted by Gasteiger charge is 2.18. The lowest BCUT2D eigenvalue weighted by atomic mass is 10.1. The van der Waals surface area contributed by atoms with Gasteiger partial charge in [0, 0.05) is 6.42 Å². The average molecular weight is 288 g/mol. The molecule has 0 radical (unpaired) electrons. The maximum absolute atomic E-state index is 12.1. The molecule has 0 N–H and O–H groups in total. The number of unbranched alkanes of at least 4 members (excludes halogenated alkanes) is 1. The standard InChI is InChI=1S/C17H20O4/c1-3-5-9-13-16(21-15(18)8-4-2)12-10-6-7-11-14(12)20-17(13)19/h6-7,10-11H,3-5,8-9H2,1-2H3. The molecule has 0 unspecified atom stereocenters. The van der Waals surface area contributed by atoms with E-state index in [9.17, 15) is 9.59 Å². The monoisotopic (exact) mass is 288 g/mol. The molecule has 0 saturated heterocycles. The third-order valence-corrected chi connectivity index (χ3v) is 3.31. The fraction of sp³-hybridized carbons (Fsp3) is 0.412. The second kappa shape index (κ2) is 7.07. The van der Waals surface area contributed by atoms with Crippen LogP contribution in [-0.2, 0) is 11.2 Å². The topological polar surface area (TPSA) is 56.5 Å². The Morgan fingerprint density at radius 2 is 1.95 bits per heavy atom. The molecule has 0 bridgehead atoms. The van der Waals surface area contributed by atoms with Crippen LogP contribution < -0.4 is 10.4 Å². The van der Waals surface area contributed by atoms with Crippen molar-refractivity contribution < 1.29 is 13.9 Å². The summed E-state index contributed by atoms with van der Waals surface area (Å²) in [6, 6.07) is 7.14. The van der Waals surface area contributed by atoms with Crippen LogP contribution in [-0.4, -0.2) is 5.97 Å². The summed E-state index contributed by atoms with van der Waals surface area (Å²) in [5, 5.41) is 0.674. The Hall–Kier alpha value is -2.10. The first kappa shape index (κ1) is 15.3. The molecule has 0 fully saturated rings. The lowest BCUT2D eigenvalue weighted by Gasteiger charge is -2.11. The maximum atomic E-state index is 12.1. The van der Waals surface area contributed by atoms with Crippen molar-refractivity contribution in [3.63, 3.8) is 0 Å². The van der Waals surface area contributed by atoms with Gasteiger partial charge in [-0.3, -0.25) is 4.79 Å². The zero-order chi connectivity index (χ0) is 15.2. The van der Waals surface area contributed by atoms with Crippen LogP contribution in [0.25, 0.3) is 11.0 Å². The molecular weight excluding hydrogens is 268 g/mol. The zero-order valence-corrected chi connectivity index (χ0v) is 12.5. The molecule has 21 heavy (non-hydrogen) atoms. The van der Waals surface area contributed by atoms with E-state index in [1.807, 2.05) is 26.0 Å². The minimum atomic E-state index is -0.415. The molecule has 2 rings (SSSR count). The molecule has 1 heterocycles. The predicted molar refractivity (Wildman–Crippen MR) is 81.6 cm³/mol. The number of ether oxygens (including phenoxy) is 1. The number of carbonyl (C=O) groups excluding carboxylic acids is 1. The Morgan fingerprint density at radius 1 is 1.19 bits per heavy atom. The van der Waals surface area contributed by atoms with Crippen molar-refractivity contribution in [2.24, 2.45) is 0 Å². The quantitative estimate of drug-likeness (QED) is 0.598. The summed E-state index contributed by atoms with van der Waals surface area (Å²) in [6.45, 7) is 3.96. The van der Waals surface area contributed by atoms with Gasteiger partial charge in [-0.05, 0) is 31.4 Å². The minimum absolute atomic E-state index is 0.314. The highest BCUT2D eigenvalue weighted by molar-refractivity contribution is 5.87. The number of rotatable bonds is 6. The summed E-state index contributed by atoms with van der Waals surface area (Å²) < 4.78 is 10.8. The van der Waals surface area contributed by atoms with Crippen molar-refractivity contribution >= 4 is 16.9 Å². The van der Waals surface area contributed by atoms with E-state index in [0.717, 1.165) is 12.8 Å². The van der Waals surface area contributed by atoms with Crippen LogP contribution in [0.4, 0.5) is 0 Å². The molecule has 1 aromatic heterocycles. The Morgan fingerprint density at radius 3 is 2.67 bits per heavy atom. The molecule has 2 aromatic rings. The van der Waals surface area contributed by atoms with E-state index < -0.39 is 5.63 Å². The smallest absolute Gasteiger partial charge is 0.343 e. The van der Waals surface area contributed by atoms with Crippen LogP contribution in [0.2, 0.25) is 0 Å². The van der Waals surface area contributed by atoms with Gasteiger partial charge >= 0.3 is 11.6 Å². The Kier molecular flexibility index (Phi) is 5.14. The summed E-state index contributed by atoms with van der Waals surface area (Å²) in [5.41, 5.74) is 0.489. The van der Waals surface area contributed by atoms with Crippen LogP contribution in [0.15, 0.2) is 33.5 Å². The van der Waals surface area contributed by atoms with Crippen molar-refractivity contribution in [2.75, 3.05) is 0 Å². The highest BCUT2D eigenvalue weighted by atomic mass is 16.5. The van der Waals surface area contributed by atoms with Crippen molar-refractivity contribution in [1.82, 2.24) is 0 Å². The van der Waals surface area contributed by atoms with Gasteiger partial charge in [0.05, 0.1) is 10.9 Å². The van der Waals surface area contributed by atoms with E-state index >= 15 is 0 Å². The molecule has 4 nitrogen and oxygen atoms in total. The van der Waals surface area contributed by atoms with Crippen LogP contribution in [0.1, 0.15) is 45.1 Å². The summed E-state index contributed by atoms with van der Waals surface area (Å²) in [5.74, 6) is 0.0553. The first-order valence-electron chi connectivity index (χ1n) is 7.42. The lowest BCUT2D eigenvalue weighted by molar-refractivity contribution is -0.134. The van der Waals surface area contributed by atoms with Crippen molar-refractivity contribution in [1.29, 1.82) is 0 Å². The van der Waals surface area contributed by atoms with E-state index in [-0.39, 0.29) is 5.97 Å². The molecule has 0 amide bonds. The number of fused-ring (bicyclic) bond motifs is 1. The molecule has 0 aliphatic heterocycles. The second-order valence-corrected chi connectivity index (χ2v) is 5.02. The van der Waals surface area contributed by atoms with Gasteiger partial charge in [-0.25, -0.2) is 4.79 Å². The minimum Gasteiger partial charge on any atom is -0.425 e. The van der Waals surface area contributed by atoms with Crippen LogP contribution >= 0.6 is 0 Å². The molecule has 0 aliphatic carbocycles. The van der Waals surface area contributed by atoms with Gasteiger partial charge in [-0.2, -0.15) is 0 Å². The van der Waals surface area contributed by atoms with Gasteiger partial charge in [-0.15, -0.1) is 0 Å². The third-order valence-electron chi connectivity index (χ3n) is 3.31. The van der Waals surface area contributed by atoms with E-state index in [1.165, 1.54) is 0 Å². The van der Waals surface area contributed by atoms with Crippen LogP contribution in [0, 0.1) is 0 Å². The van der Waals surface area contributed by atoms with Gasteiger partial charge in [0.25, 0.3) is 0 Å². The highest BCUT2D eigenvalue weighted by Crippen LogP contribution is 2.29. The normalized spacial score (nSPS) is 10.8. The van der Waals surface area contributed by atoms with Crippen molar-refractivity contribution in [3.05, 3.63) is 40.2 Å². The van der Waals surface area contributed by atoms with E-state index in [1.54, 1.807) is 12.1 Å². The molecular formula is C17H20O4. The molecule has 112 valence electrons. The first-order chi connectivity index (χ1) is 10.2. The molecule has 0 atom stereocenters. The number of hydrogen-bond donors (Lipinski definition) is 0. The Labute approximate surface area is 123 Å². The fourth-order valence-electron chi connectivity index (χ4n) is 2.21. The number of carbonyl (C=O) groups is 1. The third kappa shape index (κ3) is 3.51. The molecule has 0 saturated carbocycles. The zero-order valence-electron chi connectivity index (χ0n) is 12.5. The lowest BCUT2D eigenvalue weighted by Crippen LogP contribution is -2.15. The Bertz CT molecular complexity index is 685. The van der Waals surface area contributed by atoms with Gasteiger partial charge in [0.1, 0.15) is 5.58 Å². The van der Waals surface area contributed by atoms with Gasteiger partial charge < -0.3 is 9.15 Å². The summed E-state index contributed by atoms with van der Waals surface area (Å²) in [6.07, 6.45) is 3.40. The number of hydrogen-bond acceptors (Lipinski definition) is 4. The summed E-state index contributed by atoms with van der Waals surface area (Å²) in [4.78, 5) is 24.0. The van der Waals surface area contributed by atoms with E-state index in [2.05, 4.69) is 0 Å². The van der Waals surface area contributed by atoms with Gasteiger partial charge in [0.2, 0.25) is 0 Å². The van der Waals surface area contributed by atoms with Crippen molar-refractivity contribution in [2.45, 2.75) is 46.0 Å². The van der Waals surface area contributed by atoms with Gasteiger partial charge in [0.15, 0.2) is 5.75 Å². The average Bonchev–Trinajstić information content (AvgIpc) is 2.47. The van der Waals surface area contributed by atoms with Crippen molar-refractivity contribution in [3.8, 4) is 5.75 Å². The Balaban J connectivity index is 2.54. The molecule has 4 heteroatoms. The summed E-state index contributed by atoms with van der Waals surface area (Å²) >= 11 is 0. The summed E-state index contributed by atoms with van der Waals surface area (Å²) in [7, 11) is 0. The number of benzene rings is 1. The number of para-hydroxylation sites is 1. The fourth-order valence-corrected chi connectivity index (χ4v) is 2.21. The predicted octanol–water partition coefficient (Wildman–Crippen LogP) is 3.84. The SMILES string of the molecule is CCCCc1c(OC(=O)CCC)c2ccccc2oc1=O. The molecule has 0 aliphatic rings. The largest absolute Gasteiger partial charge is 0.425 e.